The molecule has 0 spiro atoms. The van der Waals surface area contributed by atoms with Crippen LogP contribution in [0.5, 0.6) is 11.5 Å². The van der Waals surface area contributed by atoms with Gasteiger partial charge >= 0.3 is 5.97 Å². The lowest BCUT2D eigenvalue weighted by Gasteiger charge is -2.31. The van der Waals surface area contributed by atoms with E-state index in [1.165, 1.54) is 0 Å². The van der Waals surface area contributed by atoms with Gasteiger partial charge in [-0.25, -0.2) is 9.78 Å². The smallest absolute Gasteiger partial charge is 0.343 e. The van der Waals surface area contributed by atoms with Crippen molar-refractivity contribution in [3.05, 3.63) is 49.7 Å². The number of benzene rings is 1. The summed E-state index contributed by atoms with van der Waals surface area (Å²) < 4.78 is 19.0. The van der Waals surface area contributed by atoms with Gasteiger partial charge in [-0.2, -0.15) is 0 Å². The maximum absolute atomic E-state index is 13.3. The van der Waals surface area contributed by atoms with Gasteiger partial charge in [-0.15, -0.1) is 0 Å². The maximum atomic E-state index is 13.3. The number of carbonyl (C=O) groups excluding carboxylic acids is 1. The van der Waals surface area contributed by atoms with Gasteiger partial charge in [0.05, 0.1) is 38.9 Å². The SMILES string of the molecule is CC[C@@]1(O)C(=O)OCc2c1cc1n(c2=O)Cc2c-1nc1ccc(Br)c3c1c2OCO3. The van der Waals surface area contributed by atoms with Gasteiger partial charge in [0.15, 0.2) is 11.4 Å². The molecule has 1 N–H and O–H groups in total. The van der Waals surface area contributed by atoms with Crippen molar-refractivity contribution in [2.75, 3.05) is 6.79 Å². The predicted molar refractivity (Wildman–Crippen MR) is 108 cm³/mol. The van der Waals surface area contributed by atoms with Crippen LogP contribution in [-0.4, -0.2) is 27.4 Å². The zero-order valence-corrected chi connectivity index (χ0v) is 17.4. The fourth-order valence-electron chi connectivity index (χ4n) is 4.52. The van der Waals surface area contributed by atoms with Crippen molar-refractivity contribution < 1.29 is 24.1 Å². The van der Waals surface area contributed by atoms with Crippen LogP contribution >= 0.6 is 15.9 Å². The van der Waals surface area contributed by atoms with E-state index in [-0.39, 0.29) is 31.9 Å². The number of hydrogen-bond donors (Lipinski definition) is 1. The normalized spacial score (nSPS) is 20.7. The highest BCUT2D eigenvalue weighted by molar-refractivity contribution is 9.10. The van der Waals surface area contributed by atoms with Crippen LogP contribution < -0.4 is 15.0 Å². The Morgan fingerprint density at radius 3 is 2.80 bits per heavy atom. The minimum Gasteiger partial charge on any atom is -0.458 e. The first kappa shape index (κ1) is 17.9. The molecule has 1 atom stereocenters. The highest BCUT2D eigenvalue weighted by atomic mass is 79.9. The van der Waals surface area contributed by atoms with Crippen LogP contribution in [0.25, 0.3) is 22.3 Å². The Labute approximate surface area is 178 Å². The average molecular weight is 471 g/mol. The molecular weight excluding hydrogens is 456 g/mol. The van der Waals surface area contributed by atoms with E-state index in [0.717, 1.165) is 15.4 Å². The molecule has 9 heteroatoms. The minimum atomic E-state index is -1.85. The molecule has 8 nitrogen and oxygen atoms in total. The fourth-order valence-corrected chi connectivity index (χ4v) is 4.97. The predicted octanol–water partition coefficient (Wildman–Crippen LogP) is 2.57. The number of aliphatic hydroxyl groups is 1. The van der Waals surface area contributed by atoms with Crippen LogP contribution in [0.1, 0.15) is 30.0 Å². The number of carbonyl (C=O) groups is 1. The molecule has 0 unspecified atom stereocenters. The van der Waals surface area contributed by atoms with E-state index in [2.05, 4.69) is 15.9 Å². The van der Waals surface area contributed by atoms with Crippen molar-refractivity contribution in [1.82, 2.24) is 9.55 Å². The van der Waals surface area contributed by atoms with E-state index in [1.807, 2.05) is 12.1 Å². The zero-order valence-electron chi connectivity index (χ0n) is 15.8. The second-order valence-corrected chi connectivity index (χ2v) is 8.40. The highest BCUT2D eigenvalue weighted by Crippen LogP contribution is 2.48. The molecule has 0 aliphatic carbocycles. The summed E-state index contributed by atoms with van der Waals surface area (Å²) in [4.78, 5) is 30.3. The number of esters is 1. The second-order valence-electron chi connectivity index (χ2n) is 7.55. The van der Waals surface area contributed by atoms with Crippen molar-refractivity contribution >= 4 is 32.8 Å². The molecule has 1 aromatic carbocycles. The fraction of sp³-hybridized carbons (Fsp3) is 0.286. The largest absolute Gasteiger partial charge is 0.458 e. The molecule has 152 valence electrons. The van der Waals surface area contributed by atoms with Gasteiger partial charge < -0.3 is 23.9 Å². The molecule has 3 aliphatic heterocycles. The Balaban J connectivity index is 1.68. The van der Waals surface area contributed by atoms with Gasteiger partial charge in [-0.3, -0.25) is 4.79 Å². The maximum Gasteiger partial charge on any atom is 0.343 e. The highest BCUT2D eigenvalue weighted by Gasteiger charge is 2.45. The van der Waals surface area contributed by atoms with Crippen molar-refractivity contribution in [1.29, 1.82) is 0 Å². The average Bonchev–Trinajstić information content (AvgIpc) is 3.13. The van der Waals surface area contributed by atoms with Gasteiger partial charge in [0, 0.05) is 11.1 Å². The first-order valence-corrected chi connectivity index (χ1v) is 10.3. The van der Waals surface area contributed by atoms with Gasteiger partial charge in [0.2, 0.25) is 6.79 Å². The summed E-state index contributed by atoms with van der Waals surface area (Å²) >= 11 is 3.50. The summed E-state index contributed by atoms with van der Waals surface area (Å²) in [5.41, 5.74) is 1.03. The number of nitrogens with zero attached hydrogens (tertiary/aromatic N) is 2. The Hall–Kier alpha value is -2.91. The van der Waals surface area contributed by atoms with Crippen LogP contribution in [-0.2, 0) is 28.3 Å². The number of cyclic esters (lactones) is 1. The van der Waals surface area contributed by atoms with Crippen LogP contribution in [0.3, 0.4) is 0 Å². The molecule has 0 saturated carbocycles. The zero-order chi connectivity index (χ0) is 20.8. The molecule has 3 aliphatic rings. The van der Waals surface area contributed by atoms with Crippen molar-refractivity contribution in [3.8, 4) is 22.9 Å². The molecule has 0 radical (unpaired) electrons. The molecule has 5 heterocycles. The number of fused-ring (bicyclic) bond motifs is 5. The van der Waals surface area contributed by atoms with Crippen molar-refractivity contribution in [2.24, 2.45) is 0 Å². The summed E-state index contributed by atoms with van der Waals surface area (Å²) in [6.45, 7) is 1.86. The van der Waals surface area contributed by atoms with Gasteiger partial charge in [0.25, 0.3) is 5.56 Å². The summed E-state index contributed by atoms with van der Waals surface area (Å²) in [6.07, 6.45) is 0.100. The van der Waals surface area contributed by atoms with Crippen LogP contribution in [0, 0.1) is 0 Å². The quantitative estimate of drug-likeness (QED) is 0.426. The number of halogens is 1. The molecule has 0 saturated heterocycles. The molecular formula is C21H15BrN2O6. The second kappa shape index (κ2) is 5.83. The Morgan fingerprint density at radius 2 is 2.00 bits per heavy atom. The van der Waals surface area contributed by atoms with Crippen LogP contribution in [0.2, 0.25) is 0 Å². The monoisotopic (exact) mass is 470 g/mol. The standard InChI is InChI=1S/C21H15BrN2O6/c1-2-21(27)11-5-14-16-9(6-24(14)19(25)10(11)7-28-20(21)26)17-15-13(23-16)4-3-12(22)18(15)30-8-29-17/h3-5,27H,2,6-8H2,1H3/t21-/m0/s1. The summed E-state index contributed by atoms with van der Waals surface area (Å²) in [5, 5.41) is 11.7. The van der Waals surface area contributed by atoms with Crippen molar-refractivity contribution in [3.63, 3.8) is 0 Å². The third-order valence-electron chi connectivity index (χ3n) is 6.12. The summed E-state index contributed by atoms with van der Waals surface area (Å²) in [6, 6.07) is 5.40. The van der Waals surface area contributed by atoms with E-state index < -0.39 is 11.6 Å². The molecule has 0 bridgehead atoms. The number of hydrogen-bond acceptors (Lipinski definition) is 7. The third kappa shape index (κ3) is 2.06. The summed E-state index contributed by atoms with van der Waals surface area (Å²) in [5.74, 6) is 0.555. The van der Waals surface area contributed by atoms with E-state index in [1.54, 1.807) is 17.6 Å². The lowest BCUT2D eigenvalue weighted by Crippen LogP contribution is -2.44. The molecule has 30 heavy (non-hydrogen) atoms. The lowest BCUT2D eigenvalue weighted by molar-refractivity contribution is -0.172. The van der Waals surface area contributed by atoms with E-state index in [9.17, 15) is 14.7 Å². The van der Waals surface area contributed by atoms with E-state index in [4.69, 9.17) is 19.2 Å². The number of ether oxygens (including phenoxy) is 3. The third-order valence-corrected chi connectivity index (χ3v) is 6.74. The van der Waals surface area contributed by atoms with Gasteiger partial charge in [0.1, 0.15) is 12.4 Å². The van der Waals surface area contributed by atoms with E-state index >= 15 is 0 Å². The number of aromatic nitrogens is 2. The number of pyridine rings is 2. The Bertz CT molecular complexity index is 1360. The van der Waals surface area contributed by atoms with E-state index in [0.29, 0.717) is 39.5 Å². The van der Waals surface area contributed by atoms with Gasteiger partial charge in [-0.1, -0.05) is 6.92 Å². The minimum absolute atomic E-state index is 0.0564. The van der Waals surface area contributed by atoms with Crippen molar-refractivity contribution in [2.45, 2.75) is 32.1 Å². The van der Waals surface area contributed by atoms with Gasteiger partial charge in [-0.05, 0) is 40.5 Å². The molecule has 2 aromatic heterocycles. The van der Waals surface area contributed by atoms with Crippen LogP contribution in [0.15, 0.2) is 27.5 Å². The lowest BCUT2D eigenvalue weighted by atomic mass is 9.86. The summed E-state index contributed by atoms with van der Waals surface area (Å²) in [7, 11) is 0. The first-order valence-electron chi connectivity index (χ1n) is 9.52. The molecule has 3 aromatic rings. The molecule has 0 amide bonds. The molecule has 0 fully saturated rings. The number of rotatable bonds is 1. The Morgan fingerprint density at radius 1 is 1.20 bits per heavy atom. The van der Waals surface area contributed by atoms with Crippen LogP contribution in [0.4, 0.5) is 0 Å². The molecule has 6 rings (SSSR count). The first-order chi connectivity index (χ1) is 14.4. The topological polar surface area (TPSA) is 99.9 Å². The Kier molecular flexibility index (Phi) is 3.48.